The van der Waals surface area contributed by atoms with Gasteiger partial charge in [-0.25, -0.2) is 8.78 Å². The van der Waals surface area contributed by atoms with Crippen LogP contribution in [0.25, 0.3) is 11.4 Å². The minimum absolute atomic E-state index is 0.0139. The van der Waals surface area contributed by atoms with Gasteiger partial charge < -0.3 is 15.0 Å². The largest absolute Gasteiger partial charge is 0.494 e. The Balaban J connectivity index is 2.68. The molecule has 0 radical (unpaired) electrons. The second kappa shape index (κ2) is 4.87. The van der Waals surface area contributed by atoms with Gasteiger partial charge in [-0.3, -0.25) is 0 Å². The average Bonchev–Trinajstić information content (AvgIpc) is 2.81. The van der Waals surface area contributed by atoms with Crippen LogP contribution in [0.4, 0.5) is 8.78 Å². The molecule has 18 heavy (non-hydrogen) atoms. The minimum atomic E-state index is -1.17. The summed E-state index contributed by atoms with van der Waals surface area (Å²) in [5.41, 5.74) is 4.99. The summed E-state index contributed by atoms with van der Waals surface area (Å²) in [7, 11) is 1.27. The van der Waals surface area contributed by atoms with Crippen molar-refractivity contribution in [2.75, 3.05) is 7.11 Å². The summed E-state index contributed by atoms with van der Waals surface area (Å²) >= 11 is 5.75. The van der Waals surface area contributed by atoms with E-state index in [-0.39, 0.29) is 34.6 Å². The summed E-state index contributed by atoms with van der Waals surface area (Å²) in [6.07, 6.45) is 0. The number of methoxy groups -OCH3 is 1. The standard InChI is InChI=1S/C10H8ClF2N3O2/c1-17-9-4(11)2-5(12)8(13)7(9)10-15-6(3-14)18-16-10/h2H,3,14H2,1H3. The van der Waals surface area contributed by atoms with Gasteiger partial charge in [-0.2, -0.15) is 4.98 Å². The molecule has 2 rings (SSSR count). The van der Waals surface area contributed by atoms with Crippen molar-refractivity contribution in [2.24, 2.45) is 5.73 Å². The van der Waals surface area contributed by atoms with Gasteiger partial charge in [0.1, 0.15) is 5.56 Å². The molecule has 1 aromatic carbocycles. The van der Waals surface area contributed by atoms with E-state index in [1.54, 1.807) is 0 Å². The Morgan fingerprint density at radius 3 is 2.78 bits per heavy atom. The molecule has 2 aromatic rings. The van der Waals surface area contributed by atoms with Crippen LogP contribution in [0, 0.1) is 11.6 Å². The number of hydrogen-bond acceptors (Lipinski definition) is 5. The van der Waals surface area contributed by atoms with Crippen molar-refractivity contribution in [3.05, 3.63) is 28.6 Å². The van der Waals surface area contributed by atoms with Crippen LogP contribution in [0.2, 0.25) is 5.02 Å². The maximum absolute atomic E-state index is 13.8. The lowest BCUT2D eigenvalue weighted by Gasteiger charge is -2.08. The topological polar surface area (TPSA) is 74.2 Å². The molecule has 0 spiro atoms. The molecule has 2 N–H and O–H groups in total. The smallest absolute Gasteiger partial charge is 0.240 e. The molecule has 1 aromatic heterocycles. The van der Waals surface area contributed by atoms with Crippen molar-refractivity contribution >= 4 is 11.6 Å². The molecule has 0 aliphatic heterocycles. The highest BCUT2D eigenvalue weighted by Gasteiger charge is 2.23. The van der Waals surface area contributed by atoms with Gasteiger partial charge in [-0.1, -0.05) is 16.8 Å². The fourth-order valence-electron chi connectivity index (χ4n) is 1.42. The van der Waals surface area contributed by atoms with Crippen LogP contribution < -0.4 is 10.5 Å². The van der Waals surface area contributed by atoms with Crippen LogP contribution in [0.5, 0.6) is 5.75 Å². The first-order chi connectivity index (χ1) is 8.58. The van der Waals surface area contributed by atoms with Crippen molar-refractivity contribution in [1.82, 2.24) is 10.1 Å². The van der Waals surface area contributed by atoms with Crippen LogP contribution in [-0.2, 0) is 6.54 Å². The molecule has 5 nitrogen and oxygen atoms in total. The maximum atomic E-state index is 13.8. The summed E-state index contributed by atoms with van der Waals surface area (Å²) < 4.78 is 36.7. The van der Waals surface area contributed by atoms with Crippen molar-refractivity contribution in [3.63, 3.8) is 0 Å². The lowest BCUT2D eigenvalue weighted by molar-refractivity contribution is 0.379. The van der Waals surface area contributed by atoms with Crippen LogP contribution in [-0.4, -0.2) is 17.3 Å². The Hall–Kier alpha value is -1.73. The second-order valence-electron chi connectivity index (χ2n) is 3.28. The highest BCUT2D eigenvalue weighted by atomic mass is 35.5. The van der Waals surface area contributed by atoms with Crippen LogP contribution >= 0.6 is 11.6 Å². The lowest BCUT2D eigenvalue weighted by atomic mass is 10.1. The number of halogens is 3. The van der Waals surface area contributed by atoms with Gasteiger partial charge in [0.2, 0.25) is 11.7 Å². The van der Waals surface area contributed by atoms with Crippen molar-refractivity contribution in [1.29, 1.82) is 0 Å². The Morgan fingerprint density at radius 2 is 2.22 bits per heavy atom. The molecule has 0 atom stereocenters. The number of ether oxygens (including phenoxy) is 1. The molecule has 0 aliphatic carbocycles. The fourth-order valence-corrected chi connectivity index (χ4v) is 1.68. The molecule has 0 saturated carbocycles. The van der Waals surface area contributed by atoms with E-state index in [9.17, 15) is 8.78 Å². The first-order valence-electron chi connectivity index (χ1n) is 4.83. The van der Waals surface area contributed by atoms with Crippen LogP contribution in [0.3, 0.4) is 0 Å². The van der Waals surface area contributed by atoms with Gasteiger partial charge in [0, 0.05) is 0 Å². The summed E-state index contributed by atoms with van der Waals surface area (Å²) in [6, 6.07) is 0.809. The SMILES string of the molecule is COc1c(Cl)cc(F)c(F)c1-c1noc(CN)n1. The van der Waals surface area contributed by atoms with Crippen molar-refractivity contribution < 1.29 is 18.0 Å². The highest BCUT2D eigenvalue weighted by Crippen LogP contribution is 2.38. The van der Waals surface area contributed by atoms with E-state index in [1.165, 1.54) is 7.11 Å². The lowest BCUT2D eigenvalue weighted by Crippen LogP contribution is -1.99. The maximum Gasteiger partial charge on any atom is 0.240 e. The Kier molecular flexibility index (Phi) is 3.44. The van der Waals surface area contributed by atoms with E-state index < -0.39 is 11.6 Å². The number of benzene rings is 1. The Bertz CT molecular complexity index is 589. The third-order valence-corrected chi connectivity index (χ3v) is 2.48. The molecule has 0 saturated heterocycles. The first kappa shape index (κ1) is 12.7. The van der Waals surface area contributed by atoms with Gasteiger partial charge in [0.05, 0.1) is 18.7 Å². The Labute approximate surface area is 105 Å². The van der Waals surface area contributed by atoms with Crippen LogP contribution in [0.15, 0.2) is 10.6 Å². The minimum Gasteiger partial charge on any atom is -0.494 e. The number of nitrogens with two attached hydrogens (primary N) is 1. The third-order valence-electron chi connectivity index (χ3n) is 2.20. The van der Waals surface area contributed by atoms with Gasteiger partial charge in [-0.05, 0) is 6.07 Å². The molecule has 0 aliphatic rings. The van der Waals surface area contributed by atoms with Gasteiger partial charge >= 0.3 is 0 Å². The Morgan fingerprint density at radius 1 is 1.50 bits per heavy atom. The van der Waals surface area contributed by atoms with E-state index in [0.717, 1.165) is 6.07 Å². The number of nitrogens with zero attached hydrogens (tertiary/aromatic N) is 2. The molecule has 96 valence electrons. The normalized spacial score (nSPS) is 10.7. The molecule has 0 fully saturated rings. The van der Waals surface area contributed by atoms with Gasteiger partial charge in [0.25, 0.3) is 0 Å². The predicted molar refractivity (Wildman–Crippen MR) is 59.1 cm³/mol. The highest BCUT2D eigenvalue weighted by molar-refractivity contribution is 6.32. The van der Waals surface area contributed by atoms with E-state index in [1.807, 2.05) is 0 Å². The number of rotatable bonds is 3. The zero-order valence-corrected chi connectivity index (χ0v) is 9.96. The third kappa shape index (κ3) is 2.02. The zero-order chi connectivity index (χ0) is 13.3. The summed E-state index contributed by atoms with van der Waals surface area (Å²) in [5.74, 6) is -2.45. The molecular formula is C10H8ClF2N3O2. The predicted octanol–water partition coefficient (Wildman–Crippen LogP) is 2.14. The molecule has 1 heterocycles. The molecule has 0 unspecified atom stereocenters. The van der Waals surface area contributed by atoms with Gasteiger partial charge in [0.15, 0.2) is 17.4 Å². The zero-order valence-electron chi connectivity index (χ0n) is 9.21. The van der Waals surface area contributed by atoms with Gasteiger partial charge in [-0.15, -0.1) is 0 Å². The number of aromatic nitrogens is 2. The number of hydrogen-bond donors (Lipinski definition) is 1. The average molecular weight is 276 g/mol. The van der Waals surface area contributed by atoms with E-state index >= 15 is 0 Å². The summed E-state index contributed by atoms with van der Waals surface area (Å²) in [5, 5.41) is 3.41. The summed E-state index contributed by atoms with van der Waals surface area (Å²) in [6.45, 7) is -0.0139. The molecule has 8 heteroatoms. The second-order valence-corrected chi connectivity index (χ2v) is 3.69. The monoisotopic (exact) mass is 275 g/mol. The fraction of sp³-hybridized carbons (Fsp3) is 0.200. The molecular weight excluding hydrogens is 268 g/mol. The van der Waals surface area contributed by atoms with E-state index in [4.69, 9.17) is 26.6 Å². The van der Waals surface area contributed by atoms with Crippen molar-refractivity contribution in [2.45, 2.75) is 6.54 Å². The van der Waals surface area contributed by atoms with Crippen LogP contribution in [0.1, 0.15) is 5.89 Å². The first-order valence-corrected chi connectivity index (χ1v) is 5.20. The van der Waals surface area contributed by atoms with E-state index in [0.29, 0.717) is 0 Å². The van der Waals surface area contributed by atoms with Crippen molar-refractivity contribution in [3.8, 4) is 17.1 Å². The van der Waals surface area contributed by atoms with E-state index in [2.05, 4.69) is 10.1 Å². The summed E-state index contributed by atoms with van der Waals surface area (Å²) in [4.78, 5) is 3.80. The quantitative estimate of drug-likeness (QED) is 0.869. The molecule has 0 amide bonds. The molecule has 0 bridgehead atoms.